The van der Waals surface area contributed by atoms with Crippen molar-refractivity contribution in [2.75, 3.05) is 31.1 Å². The van der Waals surface area contributed by atoms with Crippen molar-refractivity contribution in [1.82, 2.24) is 15.3 Å². The van der Waals surface area contributed by atoms with E-state index in [1.807, 2.05) is 13.0 Å². The molecule has 2 atom stereocenters. The quantitative estimate of drug-likeness (QED) is 0.909. The number of rotatable bonds is 4. The topological polar surface area (TPSA) is 50.3 Å². The van der Waals surface area contributed by atoms with Gasteiger partial charge in [-0.3, -0.25) is 0 Å². The first kappa shape index (κ1) is 13.6. The van der Waals surface area contributed by atoms with Crippen LogP contribution in [-0.4, -0.2) is 42.3 Å². The fourth-order valence-corrected chi connectivity index (χ4v) is 3.35. The van der Waals surface area contributed by atoms with Gasteiger partial charge in [0, 0.05) is 31.4 Å². The van der Waals surface area contributed by atoms with E-state index in [0.29, 0.717) is 18.5 Å². The van der Waals surface area contributed by atoms with Crippen molar-refractivity contribution in [3.8, 4) is 5.88 Å². The molecule has 0 radical (unpaired) electrons. The second-order valence-electron chi connectivity index (χ2n) is 5.68. The molecular weight excluding hydrogens is 252 g/mol. The molecule has 0 spiro atoms. The van der Waals surface area contributed by atoms with Crippen LogP contribution in [0.5, 0.6) is 5.88 Å². The monoisotopic (exact) mass is 276 g/mol. The maximum Gasteiger partial charge on any atom is 0.228 e. The zero-order valence-corrected chi connectivity index (χ0v) is 12.2. The Bertz CT molecular complexity index is 434. The maximum atomic E-state index is 5.47. The lowest BCUT2D eigenvalue weighted by molar-refractivity contribution is 0.318. The van der Waals surface area contributed by atoms with E-state index >= 15 is 0 Å². The van der Waals surface area contributed by atoms with E-state index in [4.69, 9.17) is 4.74 Å². The molecule has 3 heterocycles. The van der Waals surface area contributed by atoms with Gasteiger partial charge in [0.25, 0.3) is 0 Å². The largest absolute Gasteiger partial charge is 0.478 e. The Balaban J connectivity index is 1.68. The Morgan fingerprint density at radius 1 is 1.40 bits per heavy atom. The Labute approximate surface area is 120 Å². The smallest absolute Gasteiger partial charge is 0.228 e. The second-order valence-corrected chi connectivity index (χ2v) is 5.68. The standard InChI is InChI=1S/C15H24N4O/c1-2-20-14-7-9-17-15(18-14)19-10-4-5-12(11-19)13-6-3-8-16-13/h7,9,12-13,16H,2-6,8,10-11H2,1H3. The summed E-state index contributed by atoms with van der Waals surface area (Å²) in [5, 5.41) is 3.64. The van der Waals surface area contributed by atoms with Crippen molar-refractivity contribution in [1.29, 1.82) is 0 Å². The summed E-state index contributed by atoms with van der Waals surface area (Å²) >= 11 is 0. The third-order valence-electron chi connectivity index (χ3n) is 4.32. The molecule has 0 aliphatic carbocycles. The first-order valence-electron chi connectivity index (χ1n) is 7.81. The van der Waals surface area contributed by atoms with Crippen LogP contribution in [0.15, 0.2) is 12.3 Å². The highest BCUT2D eigenvalue weighted by molar-refractivity contribution is 5.32. The highest BCUT2D eigenvalue weighted by atomic mass is 16.5. The third kappa shape index (κ3) is 3.03. The van der Waals surface area contributed by atoms with E-state index in [-0.39, 0.29) is 0 Å². The van der Waals surface area contributed by atoms with Crippen molar-refractivity contribution in [3.05, 3.63) is 12.3 Å². The molecule has 5 nitrogen and oxygen atoms in total. The molecule has 2 saturated heterocycles. The van der Waals surface area contributed by atoms with Crippen LogP contribution < -0.4 is 15.0 Å². The Morgan fingerprint density at radius 3 is 3.15 bits per heavy atom. The van der Waals surface area contributed by atoms with Gasteiger partial charge in [0.2, 0.25) is 11.8 Å². The molecule has 2 aliphatic rings. The number of piperidine rings is 1. The van der Waals surface area contributed by atoms with Crippen molar-refractivity contribution in [2.45, 2.75) is 38.6 Å². The molecule has 1 N–H and O–H groups in total. The first-order valence-corrected chi connectivity index (χ1v) is 7.81. The molecule has 20 heavy (non-hydrogen) atoms. The van der Waals surface area contributed by atoms with Crippen LogP contribution in [0, 0.1) is 5.92 Å². The molecule has 1 aromatic heterocycles. The zero-order valence-electron chi connectivity index (χ0n) is 12.2. The minimum atomic E-state index is 0.644. The molecule has 5 heteroatoms. The number of anilines is 1. The zero-order chi connectivity index (χ0) is 13.8. The Kier molecular flexibility index (Phi) is 4.35. The number of hydrogen-bond acceptors (Lipinski definition) is 5. The second kappa shape index (κ2) is 6.39. The van der Waals surface area contributed by atoms with Gasteiger partial charge in [0.15, 0.2) is 0 Å². The Morgan fingerprint density at radius 2 is 2.35 bits per heavy atom. The van der Waals surface area contributed by atoms with Gasteiger partial charge >= 0.3 is 0 Å². The first-order chi connectivity index (χ1) is 9.86. The molecule has 2 fully saturated rings. The molecule has 3 rings (SSSR count). The summed E-state index contributed by atoms with van der Waals surface area (Å²) in [7, 11) is 0. The lowest BCUT2D eigenvalue weighted by Gasteiger charge is -2.35. The summed E-state index contributed by atoms with van der Waals surface area (Å²) < 4.78 is 5.47. The fraction of sp³-hybridized carbons (Fsp3) is 0.733. The van der Waals surface area contributed by atoms with Gasteiger partial charge in [-0.15, -0.1) is 0 Å². The predicted molar refractivity (Wildman–Crippen MR) is 79.2 cm³/mol. The minimum absolute atomic E-state index is 0.644. The Hall–Kier alpha value is -1.36. The molecule has 0 amide bonds. The van der Waals surface area contributed by atoms with Crippen molar-refractivity contribution in [3.63, 3.8) is 0 Å². The normalized spacial score (nSPS) is 26.8. The summed E-state index contributed by atoms with van der Waals surface area (Å²) in [6.07, 6.45) is 6.98. The summed E-state index contributed by atoms with van der Waals surface area (Å²) in [5.74, 6) is 2.22. The molecule has 0 bridgehead atoms. The fourth-order valence-electron chi connectivity index (χ4n) is 3.35. The number of ether oxygens (including phenoxy) is 1. The molecule has 110 valence electrons. The molecule has 1 aromatic rings. The lowest BCUT2D eigenvalue weighted by atomic mass is 9.90. The highest BCUT2D eigenvalue weighted by Gasteiger charge is 2.29. The number of nitrogens with zero attached hydrogens (tertiary/aromatic N) is 3. The van der Waals surface area contributed by atoms with Gasteiger partial charge in [-0.25, -0.2) is 4.98 Å². The average molecular weight is 276 g/mol. The number of hydrogen-bond donors (Lipinski definition) is 1. The van der Waals surface area contributed by atoms with Crippen LogP contribution in [-0.2, 0) is 0 Å². The van der Waals surface area contributed by atoms with Crippen molar-refractivity contribution < 1.29 is 4.74 Å². The van der Waals surface area contributed by atoms with Crippen LogP contribution in [0.25, 0.3) is 0 Å². The highest BCUT2D eigenvalue weighted by Crippen LogP contribution is 2.27. The predicted octanol–water partition coefficient (Wildman–Crippen LogP) is 1.84. The number of aromatic nitrogens is 2. The van der Waals surface area contributed by atoms with Gasteiger partial charge < -0.3 is 15.0 Å². The average Bonchev–Trinajstić information content (AvgIpc) is 3.02. The third-order valence-corrected chi connectivity index (χ3v) is 4.32. The summed E-state index contributed by atoms with van der Waals surface area (Å²) in [4.78, 5) is 11.3. The molecular formula is C15H24N4O. The van der Waals surface area contributed by atoms with Crippen LogP contribution in [0.3, 0.4) is 0 Å². The summed E-state index contributed by atoms with van der Waals surface area (Å²) in [6.45, 7) is 5.92. The van der Waals surface area contributed by atoms with Gasteiger partial charge in [-0.05, 0) is 45.1 Å². The molecule has 2 aliphatic heterocycles. The molecule has 2 unspecified atom stereocenters. The van der Waals surface area contributed by atoms with E-state index < -0.39 is 0 Å². The summed E-state index contributed by atoms with van der Waals surface area (Å²) in [6, 6.07) is 2.51. The molecule has 0 saturated carbocycles. The lowest BCUT2D eigenvalue weighted by Crippen LogP contribution is -2.44. The molecule has 0 aromatic carbocycles. The van der Waals surface area contributed by atoms with Gasteiger partial charge in [-0.1, -0.05) is 0 Å². The van der Waals surface area contributed by atoms with E-state index in [2.05, 4.69) is 20.2 Å². The minimum Gasteiger partial charge on any atom is -0.478 e. The van der Waals surface area contributed by atoms with Gasteiger partial charge in [-0.2, -0.15) is 4.98 Å². The van der Waals surface area contributed by atoms with Gasteiger partial charge in [0.1, 0.15) is 0 Å². The SMILES string of the molecule is CCOc1ccnc(N2CCCC(C3CCCN3)C2)n1. The van der Waals surface area contributed by atoms with Crippen molar-refractivity contribution in [2.24, 2.45) is 5.92 Å². The maximum absolute atomic E-state index is 5.47. The van der Waals surface area contributed by atoms with Crippen LogP contribution in [0.2, 0.25) is 0 Å². The van der Waals surface area contributed by atoms with Gasteiger partial charge in [0.05, 0.1) is 6.61 Å². The van der Waals surface area contributed by atoms with E-state index in [1.165, 1.54) is 32.2 Å². The van der Waals surface area contributed by atoms with Crippen LogP contribution in [0.1, 0.15) is 32.6 Å². The van der Waals surface area contributed by atoms with E-state index in [9.17, 15) is 0 Å². The van der Waals surface area contributed by atoms with E-state index in [0.717, 1.165) is 25.0 Å². The number of nitrogens with one attached hydrogen (secondary N) is 1. The van der Waals surface area contributed by atoms with Crippen LogP contribution in [0.4, 0.5) is 5.95 Å². The van der Waals surface area contributed by atoms with Crippen LogP contribution >= 0.6 is 0 Å². The summed E-state index contributed by atoms with van der Waals surface area (Å²) in [5.41, 5.74) is 0. The van der Waals surface area contributed by atoms with Crippen molar-refractivity contribution >= 4 is 5.95 Å². The van der Waals surface area contributed by atoms with E-state index in [1.54, 1.807) is 6.20 Å².